The van der Waals surface area contributed by atoms with Crippen molar-refractivity contribution in [1.82, 2.24) is 19.9 Å². The summed E-state index contributed by atoms with van der Waals surface area (Å²) in [4.78, 5) is 28.4. The van der Waals surface area contributed by atoms with Gasteiger partial charge in [-0.25, -0.2) is 4.98 Å². The van der Waals surface area contributed by atoms with E-state index in [0.29, 0.717) is 35.4 Å². The Bertz CT molecular complexity index is 1540. The molecule has 8 nitrogen and oxygen atoms in total. The van der Waals surface area contributed by atoms with Crippen molar-refractivity contribution in [2.75, 3.05) is 50.0 Å². The van der Waals surface area contributed by atoms with E-state index in [4.69, 9.17) is 10.5 Å². The molecule has 2 aliphatic rings. The van der Waals surface area contributed by atoms with Crippen LogP contribution in [0, 0.1) is 12.9 Å². The van der Waals surface area contributed by atoms with Gasteiger partial charge in [0.2, 0.25) is 5.95 Å². The van der Waals surface area contributed by atoms with Gasteiger partial charge in [0.1, 0.15) is 11.4 Å². The number of ether oxygens (including phenoxy) is 1. The minimum atomic E-state index is -0.705. The second-order valence-corrected chi connectivity index (χ2v) is 9.73. The van der Waals surface area contributed by atoms with Crippen molar-refractivity contribution in [3.8, 4) is 22.5 Å². The lowest BCUT2D eigenvalue weighted by molar-refractivity contribution is 0.122. The zero-order valence-electron chi connectivity index (χ0n) is 20.8. The number of pyridine rings is 1. The second kappa shape index (κ2) is 9.57. The van der Waals surface area contributed by atoms with E-state index in [9.17, 15) is 4.79 Å². The van der Waals surface area contributed by atoms with Crippen molar-refractivity contribution in [2.24, 2.45) is 0 Å². The molecule has 0 unspecified atom stereocenters. The highest BCUT2D eigenvalue weighted by Gasteiger charge is 2.22. The number of aryl methyl sites for hydroxylation is 1. The van der Waals surface area contributed by atoms with Crippen molar-refractivity contribution >= 4 is 22.3 Å². The summed E-state index contributed by atoms with van der Waals surface area (Å²) in [7, 11) is 0. The predicted molar refractivity (Wildman–Crippen MR) is 143 cm³/mol. The number of morpholine rings is 1. The van der Waals surface area contributed by atoms with Crippen molar-refractivity contribution in [2.45, 2.75) is 19.9 Å². The summed E-state index contributed by atoms with van der Waals surface area (Å²) in [5, 5.41) is 1.37. The fraction of sp³-hybridized carbons (Fsp3) is 0.321. The number of hydrogen-bond donors (Lipinski definition) is 2. The van der Waals surface area contributed by atoms with Gasteiger partial charge < -0.3 is 20.4 Å². The number of nitrogens with zero attached hydrogens (tertiary/aromatic N) is 4. The van der Waals surface area contributed by atoms with E-state index in [1.807, 2.05) is 25.1 Å². The predicted octanol–water partition coefficient (Wildman–Crippen LogP) is 3.72. The number of rotatable bonds is 5. The molecule has 0 spiro atoms. The lowest BCUT2D eigenvalue weighted by Crippen LogP contribution is -2.39. The molecule has 9 heteroatoms. The highest BCUT2D eigenvalue weighted by atomic mass is 19.1. The Kier molecular flexibility index (Phi) is 6.10. The number of H-pyrrole nitrogens is 1. The lowest BCUT2D eigenvalue weighted by atomic mass is 10.0. The van der Waals surface area contributed by atoms with E-state index < -0.39 is 5.95 Å². The second-order valence-electron chi connectivity index (χ2n) is 9.73. The summed E-state index contributed by atoms with van der Waals surface area (Å²) in [6.45, 7) is 7.91. The Morgan fingerprint density at radius 1 is 1.00 bits per heavy atom. The van der Waals surface area contributed by atoms with Crippen molar-refractivity contribution < 1.29 is 9.13 Å². The van der Waals surface area contributed by atoms with Crippen molar-refractivity contribution in [3.63, 3.8) is 0 Å². The summed E-state index contributed by atoms with van der Waals surface area (Å²) in [5.41, 5.74) is 11.1. The van der Waals surface area contributed by atoms with Gasteiger partial charge in [-0.15, -0.1) is 0 Å². The zero-order chi connectivity index (χ0) is 25.5. The lowest BCUT2D eigenvalue weighted by Gasteiger charge is -2.35. The van der Waals surface area contributed by atoms with Gasteiger partial charge in [-0.05, 0) is 67.2 Å². The van der Waals surface area contributed by atoms with E-state index >= 15 is 4.39 Å². The molecule has 2 aromatic heterocycles. The first-order chi connectivity index (χ1) is 18.0. The minimum Gasteiger partial charge on any atom is -0.382 e. The monoisotopic (exact) mass is 500 g/mol. The number of anilines is 2. The van der Waals surface area contributed by atoms with Crippen LogP contribution in [0.4, 0.5) is 15.9 Å². The van der Waals surface area contributed by atoms with Gasteiger partial charge in [0, 0.05) is 48.0 Å². The first-order valence-corrected chi connectivity index (χ1v) is 12.6. The highest BCUT2D eigenvalue weighted by Crippen LogP contribution is 2.33. The van der Waals surface area contributed by atoms with Crippen LogP contribution in [0.25, 0.3) is 33.3 Å². The number of nitrogens with two attached hydrogens (primary N) is 1. The summed E-state index contributed by atoms with van der Waals surface area (Å²) < 4.78 is 20.7. The Hall–Kier alpha value is -3.82. The summed E-state index contributed by atoms with van der Waals surface area (Å²) in [6, 6.07) is 11.4. The smallest absolute Gasteiger partial charge is 0.255 e. The number of nitrogen functional groups attached to an aromatic ring is 1. The van der Waals surface area contributed by atoms with E-state index in [0.717, 1.165) is 54.9 Å². The van der Waals surface area contributed by atoms with Crippen molar-refractivity contribution in [3.05, 3.63) is 70.0 Å². The molecule has 2 aliphatic heterocycles. The maximum Gasteiger partial charge on any atom is 0.255 e. The van der Waals surface area contributed by atoms with Gasteiger partial charge in [0.25, 0.3) is 5.56 Å². The van der Waals surface area contributed by atoms with Crippen LogP contribution < -0.4 is 16.2 Å². The Morgan fingerprint density at radius 2 is 1.76 bits per heavy atom. The molecule has 2 aromatic carbocycles. The van der Waals surface area contributed by atoms with Gasteiger partial charge in [0.05, 0.1) is 13.2 Å². The van der Waals surface area contributed by atoms with Gasteiger partial charge in [-0.1, -0.05) is 12.1 Å². The molecule has 2 fully saturated rings. The number of fused-ring (bicyclic) bond motifs is 1. The molecule has 0 amide bonds. The maximum atomic E-state index is 15.2. The topological polar surface area (TPSA) is 100 Å². The van der Waals surface area contributed by atoms with E-state index in [1.165, 1.54) is 6.42 Å². The standard InChI is InChI=1S/C28H29FN6O2/c1-17-15-31-28(36)21-5-3-19(14-22(17)21)25-27(30)33-26(29)24(32-25)18-4-6-23(35-9-11-37-12-10-35)20(13-18)16-34-7-2-8-34/h3-6,13-15H,2,7-12,16H2,1H3,(H2,30,33)(H,31,36). The molecule has 2 saturated heterocycles. The number of nitrogens with one attached hydrogen (secondary N) is 1. The largest absolute Gasteiger partial charge is 0.382 e. The van der Waals surface area contributed by atoms with Gasteiger partial charge >= 0.3 is 0 Å². The molecule has 6 rings (SSSR count). The van der Waals surface area contributed by atoms with Gasteiger partial charge in [-0.3, -0.25) is 9.69 Å². The molecular formula is C28H29FN6O2. The molecular weight excluding hydrogens is 471 g/mol. The van der Waals surface area contributed by atoms with Crippen LogP contribution in [0.1, 0.15) is 17.5 Å². The number of benzene rings is 2. The van der Waals surface area contributed by atoms with Gasteiger partial charge in [0.15, 0.2) is 5.82 Å². The zero-order valence-corrected chi connectivity index (χ0v) is 20.8. The molecule has 4 heterocycles. The first kappa shape index (κ1) is 23.6. The third kappa shape index (κ3) is 4.45. The number of aromatic amines is 1. The van der Waals surface area contributed by atoms with E-state index in [1.54, 1.807) is 18.3 Å². The number of halogens is 1. The summed E-state index contributed by atoms with van der Waals surface area (Å²) in [5.74, 6) is -0.697. The fourth-order valence-electron chi connectivity index (χ4n) is 5.12. The summed E-state index contributed by atoms with van der Waals surface area (Å²) in [6.07, 6.45) is 2.88. The van der Waals surface area contributed by atoms with Crippen LogP contribution >= 0.6 is 0 Å². The van der Waals surface area contributed by atoms with Crippen LogP contribution in [0.2, 0.25) is 0 Å². The van der Waals surface area contributed by atoms with Crippen LogP contribution in [-0.2, 0) is 11.3 Å². The quantitative estimate of drug-likeness (QED) is 0.431. The van der Waals surface area contributed by atoms with Crippen LogP contribution in [-0.4, -0.2) is 59.2 Å². The molecule has 37 heavy (non-hydrogen) atoms. The fourth-order valence-corrected chi connectivity index (χ4v) is 5.12. The SMILES string of the molecule is Cc1c[nH]c(=O)c2ccc(-c3nc(-c4ccc(N5CCOCC5)c(CN5CCC5)c4)c(F)nc3N)cc12. The first-order valence-electron chi connectivity index (χ1n) is 12.6. The average Bonchev–Trinajstić information content (AvgIpc) is 2.89. The third-order valence-electron chi connectivity index (χ3n) is 7.31. The maximum absolute atomic E-state index is 15.2. The summed E-state index contributed by atoms with van der Waals surface area (Å²) >= 11 is 0. The molecule has 0 aliphatic carbocycles. The van der Waals surface area contributed by atoms with Crippen LogP contribution in [0.5, 0.6) is 0 Å². The highest BCUT2D eigenvalue weighted by molar-refractivity contribution is 5.90. The minimum absolute atomic E-state index is 0.00818. The average molecular weight is 501 g/mol. The third-order valence-corrected chi connectivity index (χ3v) is 7.31. The van der Waals surface area contributed by atoms with Crippen molar-refractivity contribution in [1.29, 1.82) is 0 Å². The Balaban J connectivity index is 1.43. The Labute approximate surface area is 213 Å². The normalized spacial score (nSPS) is 16.2. The van der Waals surface area contributed by atoms with Gasteiger partial charge in [-0.2, -0.15) is 9.37 Å². The molecule has 0 bridgehead atoms. The Morgan fingerprint density at radius 3 is 2.51 bits per heavy atom. The molecule has 0 atom stereocenters. The molecule has 4 aromatic rings. The van der Waals surface area contributed by atoms with Crippen LogP contribution in [0.15, 0.2) is 47.4 Å². The molecule has 3 N–H and O–H groups in total. The molecule has 0 saturated carbocycles. The molecule has 190 valence electrons. The number of hydrogen-bond acceptors (Lipinski definition) is 7. The van der Waals surface area contributed by atoms with E-state index in [2.05, 4.69) is 30.8 Å². The molecule has 0 radical (unpaired) electrons. The number of likely N-dealkylation sites (tertiary alicyclic amines) is 1. The number of aromatic nitrogens is 3. The van der Waals surface area contributed by atoms with E-state index in [-0.39, 0.29) is 17.1 Å². The van der Waals surface area contributed by atoms with Crippen LogP contribution in [0.3, 0.4) is 0 Å².